The van der Waals surface area contributed by atoms with Crippen LogP contribution >= 0.6 is 0 Å². The van der Waals surface area contributed by atoms with Crippen molar-refractivity contribution < 1.29 is 18.0 Å². The van der Waals surface area contributed by atoms with Crippen molar-refractivity contribution in [3.8, 4) is 0 Å². The Morgan fingerprint density at radius 3 is 2.12 bits per heavy atom. The second-order valence-corrected chi connectivity index (χ2v) is 8.55. The maximum absolute atomic E-state index is 5.94. The Morgan fingerprint density at radius 1 is 1.04 bits per heavy atom. The van der Waals surface area contributed by atoms with Crippen LogP contribution in [0.5, 0.6) is 0 Å². The number of ether oxygens (including phenoxy) is 1. The molecule has 0 aliphatic carbocycles. The first-order valence-electron chi connectivity index (χ1n) is 9.06. The van der Waals surface area contributed by atoms with Crippen LogP contribution in [0.1, 0.15) is 27.2 Å². The van der Waals surface area contributed by atoms with Crippen LogP contribution in [0.4, 0.5) is 5.69 Å². The van der Waals surface area contributed by atoms with Gasteiger partial charge in [-0.05, 0) is 39.3 Å². The predicted molar refractivity (Wildman–Crippen MR) is 98.5 cm³/mol. The summed E-state index contributed by atoms with van der Waals surface area (Å²) < 4.78 is 23.2. The van der Waals surface area contributed by atoms with Crippen molar-refractivity contribution >= 4 is 14.5 Å². The quantitative estimate of drug-likeness (QED) is 0.402. The third-order valence-corrected chi connectivity index (χ3v) is 7.10. The van der Waals surface area contributed by atoms with Gasteiger partial charge in [0.2, 0.25) is 0 Å². The Bertz CT molecular complexity index is 439. The molecule has 2 rings (SSSR count). The Hall–Kier alpha value is -0.923. The summed E-state index contributed by atoms with van der Waals surface area (Å²) in [6.07, 6.45) is 1.35. The highest BCUT2D eigenvalue weighted by Gasteiger charge is 2.40. The Morgan fingerprint density at radius 2 is 1.62 bits per heavy atom. The lowest BCUT2D eigenvalue weighted by molar-refractivity contribution is 0.0709. The summed E-state index contributed by atoms with van der Waals surface area (Å²) in [5.41, 5.74) is 1.24. The Kier molecular flexibility index (Phi) is 8.21. The molecule has 0 radical (unpaired) electrons. The van der Waals surface area contributed by atoms with Gasteiger partial charge in [0.15, 0.2) is 0 Å². The van der Waals surface area contributed by atoms with E-state index in [1.165, 1.54) is 5.69 Å². The van der Waals surface area contributed by atoms with Crippen LogP contribution in [0.25, 0.3) is 0 Å². The van der Waals surface area contributed by atoms with E-state index < -0.39 is 8.80 Å². The molecule has 1 heterocycles. The molecule has 0 amide bonds. The zero-order valence-corrected chi connectivity index (χ0v) is 16.2. The summed E-state index contributed by atoms with van der Waals surface area (Å²) in [6.45, 7) is 10.7. The summed E-state index contributed by atoms with van der Waals surface area (Å²) in [4.78, 5) is 2.39. The van der Waals surface area contributed by atoms with Gasteiger partial charge in [-0.1, -0.05) is 18.2 Å². The maximum atomic E-state index is 5.94. The average Bonchev–Trinajstić information content (AvgIpc) is 3.40. The van der Waals surface area contributed by atoms with Gasteiger partial charge in [0, 0.05) is 44.6 Å². The molecule has 6 heteroatoms. The number of para-hydroxylation sites is 1. The molecular weight excluding hydrogens is 322 g/mol. The van der Waals surface area contributed by atoms with Crippen molar-refractivity contribution in [1.82, 2.24) is 0 Å². The Labute approximate surface area is 147 Å². The predicted octanol–water partition coefficient (Wildman–Crippen LogP) is 3.33. The summed E-state index contributed by atoms with van der Waals surface area (Å²) in [5.74, 6) is 0. The van der Waals surface area contributed by atoms with Crippen molar-refractivity contribution in [2.75, 3.05) is 44.4 Å². The monoisotopic (exact) mass is 353 g/mol. The topological polar surface area (TPSA) is 43.5 Å². The highest BCUT2D eigenvalue weighted by atomic mass is 28.4. The number of epoxide rings is 1. The van der Waals surface area contributed by atoms with Gasteiger partial charge >= 0.3 is 8.80 Å². The second kappa shape index (κ2) is 10.2. The zero-order chi connectivity index (χ0) is 17.3. The molecule has 1 aliphatic heterocycles. The standard InChI is InChI=1S/C18H31NO4Si/c1-4-21-24(22-5-2,23-6-3)14-10-13-19(15-18-16-20-18)17-11-8-7-9-12-17/h7-9,11-12,18H,4-6,10,13-16H2,1-3H3. The van der Waals surface area contributed by atoms with Gasteiger partial charge in [-0.15, -0.1) is 0 Å². The summed E-state index contributed by atoms with van der Waals surface area (Å²) in [6, 6.07) is 11.4. The number of hydrogen-bond acceptors (Lipinski definition) is 5. The van der Waals surface area contributed by atoms with Gasteiger partial charge in [0.25, 0.3) is 0 Å². The fourth-order valence-electron chi connectivity index (χ4n) is 2.87. The average molecular weight is 354 g/mol. The molecule has 1 unspecified atom stereocenters. The summed E-state index contributed by atoms with van der Waals surface area (Å²) in [7, 11) is -2.55. The summed E-state index contributed by atoms with van der Waals surface area (Å²) >= 11 is 0. The van der Waals surface area contributed by atoms with Crippen LogP contribution in [0, 0.1) is 0 Å². The molecule has 1 aliphatic rings. The largest absolute Gasteiger partial charge is 0.500 e. The van der Waals surface area contributed by atoms with Crippen molar-refractivity contribution in [2.45, 2.75) is 39.3 Å². The van der Waals surface area contributed by atoms with Crippen LogP contribution in [0.3, 0.4) is 0 Å². The first-order chi connectivity index (χ1) is 11.7. The second-order valence-electron chi connectivity index (χ2n) is 5.82. The SMILES string of the molecule is CCO[Si](CCCN(CC1CO1)c1ccccc1)(OCC)OCC. The molecule has 1 fully saturated rings. The lowest BCUT2D eigenvalue weighted by atomic mass is 10.2. The first kappa shape index (κ1) is 19.4. The van der Waals surface area contributed by atoms with Crippen molar-refractivity contribution in [3.63, 3.8) is 0 Å². The van der Waals surface area contributed by atoms with Gasteiger partial charge < -0.3 is 22.9 Å². The van der Waals surface area contributed by atoms with Crippen LogP contribution in [0.2, 0.25) is 6.04 Å². The van der Waals surface area contributed by atoms with E-state index in [1.807, 2.05) is 26.8 Å². The molecule has 24 heavy (non-hydrogen) atoms. The van der Waals surface area contributed by atoms with E-state index in [1.54, 1.807) is 0 Å². The van der Waals surface area contributed by atoms with Gasteiger partial charge in [-0.25, -0.2) is 0 Å². The molecule has 1 aromatic carbocycles. The third kappa shape index (κ3) is 6.18. The molecule has 1 atom stereocenters. The van der Waals surface area contributed by atoms with Crippen LogP contribution in [0.15, 0.2) is 30.3 Å². The van der Waals surface area contributed by atoms with E-state index in [4.69, 9.17) is 18.0 Å². The lowest BCUT2D eigenvalue weighted by Crippen LogP contribution is -2.46. The van der Waals surface area contributed by atoms with Gasteiger partial charge in [0.05, 0.1) is 12.7 Å². The molecule has 0 bridgehead atoms. The van der Waals surface area contributed by atoms with Gasteiger partial charge in [0.1, 0.15) is 0 Å². The maximum Gasteiger partial charge on any atom is 0.500 e. The van der Waals surface area contributed by atoms with Gasteiger partial charge in [-0.2, -0.15) is 0 Å². The molecule has 0 spiro atoms. The van der Waals surface area contributed by atoms with Crippen LogP contribution < -0.4 is 4.90 Å². The molecule has 5 nitrogen and oxygen atoms in total. The molecule has 0 saturated carbocycles. The minimum absolute atomic E-state index is 0.373. The summed E-state index contributed by atoms with van der Waals surface area (Å²) in [5, 5.41) is 0. The normalized spacial score (nSPS) is 17.0. The molecule has 1 aromatic rings. The minimum Gasteiger partial charge on any atom is -0.374 e. The van der Waals surface area contributed by atoms with Gasteiger partial charge in [-0.3, -0.25) is 0 Å². The molecule has 1 saturated heterocycles. The van der Waals surface area contributed by atoms with Crippen molar-refractivity contribution in [1.29, 1.82) is 0 Å². The molecule has 0 N–H and O–H groups in total. The first-order valence-corrected chi connectivity index (χ1v) is 11.0. The van der Waals surface area contributed by atoms with E-state index in [2.05, 4.69) is 29.2 Å². The van der Waals surface area contributed by atoms with E-state index >= 15 is 0 Å². The molecule has 136 valence electrons. The Balaban J connectivity index is 1.93. The number of nitrogens with zero attached hydrogens (tertiary/aromatic N) is 1. The van der Waals surface area contributed by atoms with E-state index in [-0.39, 0.29) is 0 Å². The highest BCUT2D eigenvalue weighted by Crippen LogP contribution is 2.22. The lowest BCUT2D eigenvalue weighted by Gasteiger charge is -2.30. The minimum atomic E-state index is -2.55. The third-order valence-electron chi connectivity index (χ3n) is 3.95. The molecule has 0 aromatic heterocycles. The zero-order valence-electron chi connectivity index (χ0n) is 15.2. The fraction of sp³-hybridized carbons (Fsp3) is 0.667. The fourth-order valence-corrected chi connectivity index (χ4v) is 5.47. The van der Waals surface area contributed by atoms with E-state index in [0.717, 1.165) is 32.2 Å². The number of anilines is 1. The highest BCUT2D eigenvalue weighted by molar-refractivity contribution is 6.60. The van der Waals surface area contributed by atoms with Crippen molar-refractivity contribution in [2.24, 2.45) is 0 Å². The number of benzene rings is 1. The van der Waals surface area contributed by atoms with E-state index in [0.29, 0.717) is 25.9 Å². The van der Waals surface area contributed by atoms with Crippen LogP contribution in [-0.2, 0) is 18.0 Å². The number of rotatable bonds is 13. The smallest absolute Gasteiger partial charge is 0.374 e. The number of hydrogen-bond donors (Lipinski definition) is 0. The molecular formula is C18H31NO4Si. The van der Waals surface area contributed by atoms with Crippen LogP contribution in [-0.4, -0.2) is 54.4 Å². The van der Waals surface area contributed by atoms with E-state index in [9.17, 15) is 0 Å². The van der Waals surface area contributed by atoms with Crippen molar-refractivity contribution in [3.05, 3.63) is 30.3 Å².